The molecular weight excluding hydrogens is 330 g/mol. The molecule has 1 saturated carbocycles. The van der Waals surface area contributed by atoms with Gasteiger partial charge in [0.25, 0.3) is 5.91 Å². The van der Waals surface area contributed by atoms with Gasteiger partial charge in [-0.15, -0.1) is 0 Å². The van der Waals surface area contributed by atoms with Crippen LogP contribution < -0.4 is 4.90 Å². The number of anilines is 1. The van der Waals surface area contributed by atoms with E-state index >= 15 is 0 Å². The fraction of sp³-hybridized carbons (Fsp3) is 0.450. The van der Waals surface area contributed by atoms with Gasteiger partial charge in [-0.1, -0.05) is 23.4 Å². The number of benzene rings is 1. The first kappa shape index (κ1) is 16.8. The first-order chi connectivity index (χ1) is 12.5. The van der Waals surface area contributed by atoms with Gasteiger partial charge in [-0.05, 0) is 44.7 Å². The van der Waals surface area contributed by atoms with Crippen molar-refractivity contribution in [3.8, 4) is 0 Å². The zero-order valence-corrected chi connectivity index (χ0v) is 15.3. The molecule has 0 bridgehead atoms. The molecule has 4 rings (SSSR count). The molecular formula is C20H23N3O3. The number of para-hydroxylation sites is 1. The number of carbonyl (C=O) groups excluding carboxylic acids is 2. The normalized spacial score (nSPS) is 22.0. The van der Waals surface area contributed by atoms with Gasteiger partial charge in [-0.3, -0.25) is 9.59 Å². The van der Waals surface area contributed by atoms with Crippen molar-refractivity contribution in [3.63, 3.8) is 0 Å². The van der Waals surface area contributed by atoms with E-state index in [1.54, 1.807) is 24.8 Å². The molecule has 0 spiro atoms. The Morgan fingerprint density at radius 1 is 1.27 bits per heavy atom. The molecule has 1 aliphatic heterocycles. The van der Waals surface area contributed by atoms with Gasteiger partial charge in [-0.25, -0.2) is 0 Å². The number of hydrogen-bond acceptors (Lipinski definition) is 4. The summed E-state index contributed by atoms with van der Waals surface area (Å²) >= 11 is 0. The summed E-state index contributed by atoms with van der Waals surface area (Å²) in [5, 5.41) is 3.84. The van der Waals surface area contributed by atoms with Gasteiger partial charge < -0.3 is 14.3 Å². The molecule has 2 heterocycles. The van der Waals surface area contributed by atoms with Crippen molar-refractivity contribution >= 4 is 17.5 Å². The summed E-state index contributed by atoms with van der Waals surface area (Å²) in [5.74, 6) is 0.156. The summed E-state index contributed by atoms with van der Waals surface area (Å²) in [6, 6.07) is 9.82. The monoisotopic (exact) mass is 353 g/mol. The third-order valence-electron chi connectivity index (χ3n) is 5.26. The highest BCUT2D eigenvalue weighted by molar-refractivity contribution is 6.05. The quantitative estimate of drug-likeness (QED) is 0.847. The summed E-state index contributed by atoms with van der Waals surface area (Å²) in [7, 11) is 0. The van der Waals surface area contributed by atoms with E-state index in [-0.39, 0.29) is 29.7 Å². The molecule has 6 nitrogen and oxygen atoms in total. The number of nitrogens with zero attached hydrogens (tertiary/aromatic N) is 3. The first-order valence-corrected chi connectivity index (χ1v) is 9.12. The highest BCUT2D eigenvalue weighted by Crippen LogP contribution is 2.44. The van der Waals surface area contributed by atoms with Crippen molar-refractivity contribution in [1.82, 2.24) is 10.1 Å². The standard InChI is InChI=1S/C20H23N3O3/c1-12-10-19(26-21-12)20(25)22-13(2)11-18(16-6-4-5-7-17(16)22)23(14(3)24)15-8-9-15/h4-7,10,13,15,18H,8-9,11H2,1-3H3. The average Bonchev–Trinajstić information content (AvgIpc) is 3.33. The molecule has 0 radical (unpaired) electrons. The molecule has 136 valence electrons. The van der Waals surface area contributed by atoms with Crippen LogP contribution in [0.15, 0.2) is 34.9 Å². The van der Waals surface area contributed by atoms with E-state index in [0.29, 0.717) is 18.2 Å². The maximum absolute atomic E-state index is 13.1. The number of hydrogen-bond donors (Lipinski definition) is 0. The Labute approximate surface area is 152 Å². The smallest absolute Gasteiger partial charge is 0.297 e. The van der Waals surface area contributed by atoms with Crippen LogP contribution in [-0.2, 0) is 4.79 Å². The van der Waals surface area contributed by atoms with Crippen LogP contribution in [-0.4, -0.2) is 34.0 Å². The Morgan fingerprint density at radius 3 is 2.62 bits per heavy atom. The van der Waals surface area contributed by atoms with Crippen molar-refractivity contribution < 1.29 is 14.1 Å². The second kappa shape index (κ2) is 6.27. The number of fused-ring (bicyclic) bond motifs is 1. The molecule has 0 N–H and O–H groups in total. The van der Waals surface area contributed by atoms with Gasteiger partial charge in [0.1, 0.15) is 0 Å². The van der Waals surface area contributed by atoms with Gasteiger partial charge in [0.15, 0.2) is 0 Å². The molecule has 2 aliphatic rings. The van der Waals surface area contributed by atoms with E-state index < -0.39 is 0 Å². The lowest BCUT2D eigenvalue weighted by Gasteiger charge is -2.43. The maximum Gasteiger partial charge on any atom is 0.297 e. The number of rotatable bonds is 3. The molecule has 0 saturated heterocycles. The summed E-state index contributed by atoms with van der Waals surface area (Å²) in [4.78, 5) is 29.1. The number of aromatic nitrogens is 1. The van der Waals surface area contributed by atoms with Crippen LogP contribution in [0.25, 0.3) is 0 Å². The zero-order valence-electron chi connectivity index (χ0n) is 15.3. The Bertz CT molecular complexity index is 855. The van der Waals surface area contributed by atoms with E-state index in [4.69, 9.17) is 4.52 Å². The van der Waals surface area contributed by atoms with Crippen LogP contribution in [0.1, 0.15) is 61.0 Å². The molecule has 2 atom stereocenters. The zero-order chi connectivity index (χ0) is 18.4. The van der Waals surface area contributed by atoms with Gasteiger partial charge in [0, 0.05) is 30.8 Å². The van der Waals surface area contributed by atoms with E-state index in [0.717, 1.165) is 24.1 Å². The molecule has 2 amide bonds. The van der Waals surface area contributed by atoms with Crippen molar-refractivity contribution in [2.45, 2.75) is 58.2 Å². The summed E-state index contributed by atoms with van der Waals surface area (Å²) in [6.45, 7) is 5.46. The highest BCUT2D eigenvalue weighted by Gasteiger charge is 2.42. The third kappa shape index (κ3) is 2.79. The van der Waals surface area contributed by atoms with Crippen molar-refractivity contribution in [1.29, 1.82) is 0 Å². The number of amides is 2. The minimum Gasteiger partial charge on any atom is -0.351 e. The maximum atomic E-state index is 13.1. The molecule has 1 fully saturated rings. The topological polar surface area (TPSA) is 66.7 Å². The van der Waals surface area contributed by atoms with E-state index in [1.807, 2.05) is 36.1 Å². The fourth-order valence-electron chi connectivity index (χ4n) is 4.02. The van der Waals surface area contributed by atoms with Gasteiger partial charge in [0.05, 0.1) is 11.7 Å². The van der Waals surface area contributed by atoms with Gasteiger partial charge in [-0.2, -0.15) is 0 Å². The minimum atomic E-state index is -0.190. The minimum absolute atomic E-state index is 0.00621. The number of carbonyl (C=O) groups is 2. The summed E-state index contributed by atoms with van der Waals surface area (Å²) in [5.41, 5.74) is 2.56. The summed E-state index contributed by atoms with van der Waals surface area (Å²) < 4.78 is 5.20. The Morgan fingerprint density at radius 2 is 2.00 bits per heavy atom. The molecule has 1 aromatic heterocycles. The predicted molar refractivity (Wildman–Crippen MR) is 96.9 cm³/mol. The van der Waals surface area contributed by atoms with Crippen LogP contribution in [0.5, 0.6) is 0 Å². The van der Waals surface area contributed by atoms with E-state index in [1.165, 1.54) is 0 Å². The summed E-state index contributed by atoms with van der Waals surface area (Å²) in [6.07, 6.45) is 2.84. The van der Waals surface area contributed by atoms with Gasteiger partial charge in [0.2, 0.25) is 11.7 Å². The molecule has 1 aliphatic carbocycles. The van der Waals surface area contributed by atoms with Crippen LogP contribution in [0, 0.1) is 6.92 Å². The highest BCUT2D eigenvalue weighted by atomic mass is 16.5. The lowest BCUT2D eigenvalue weighted by atomic mass is 9.90. The molecule has 2 aromatic rings. The van der Waals surface area contributed by atoms with Crippen LogP contribution in [0.2, 0.25) is 0 Å². The predicted octanol–water partition coefficient (Wildman–Crippen LogP) is 3.47. The first-order valence-electron chi connectivity index (χ1n) is 9.12. The molecule has 26 heavy (non-hydrogen) atoms. The lowest BCUT2D eigenvalue weighted by Crippen LogP contribution is -2.47. The third-order valence-corrected chi connectivity index (χ3v) is 5.26. The van der Waals surface area contributed by atoms with Gasteiger partial charge >= 0.3 is 0 Å². The van der Waals surface area contributed by atoms with Crippen molar-refractivity contribution in [2.75, 3.05) is 4.90 Å². The molecule has 1 aromatic carbocycles. The second-order valence-corrected chi connectivity index (χ2v) is 7.32. The van der Waals surface area contributed by atoms with Crippen molar-refractivity contribution in [3.05, 3.63) is 47.3 Å². The Balaban J connectivity index is 1.75. The van der Waals surface area contributed by atoms with Crippen LogP contribution in [0.3, 0.4) is 0 Å². The largest absolute Gasteiger partial charge is 0.351 e. The Hall–Kier alpha value is -2.63. The molecule has 2 unspecified atom stereocenters. The number of aryl methyl sites for hydroxylation is 1. The van der Waals surface area contributed by atoms with Crippen molar-refractivity contribution in [2.24, 2.45) is 0 Å². The van der Waals surface area contributed by atoms with E-state index in [2.05, 4.69) is 5.16 Å². The lowest BCUT2D eigenvalue weighted by molar-refractivity contribution is -0.132. The Kier molecular flexibility index (Phi) is 4.05. The van der Waals surface area contributed by atoms with Crippen LogP contribution >= 0.6 is 0 Å². The SMILES string of the molecule is CC(=O)N(C1CC1)C1CC(C)N(C(=O)c2cc(C)no2)c2ccccc21. The second-order valence-electron chi connectivity index (χ2n) is 7.32. The van der Waals surface area contributed by atoms with E-state index in [9.17, 15) is 9.59 Å². The fourth-order valence-corrected chi connectivity index (χ4v) is 4.02. The van der Waals surface area contributed by atoms with Crippen LogP contribution in [0.4, 0.5) is 5.69 Å². The average molecular weight is 353 g/mol. The molecule has 6 heteroatoms.